The van der Waals surface area contributed by atoms with Gasteiger partial charge in [-0.2, -0.15) is 0 Å². The van der Waals surface area contributed by atoms with Crippen LogP contribution in [0.3, 0.4) is 0 Å². The maximum Gasteiger partial charge on any atom is 0.128 e. The third kappa shape index (κ3) is 15.5. The molecular formula is C114H134O4. The summed E-state index contributed by atoms with van der Waals surface area (Å²) in [5.41, 5.74) is 33.5. The second-order valence-electron chi connectivity index (χ2n) is 36.7. The molecule has 9 aromatic carbocycles. The smallest absolute Gasteiger partial charge is 0.128 e. The largest absolute Gasteiger partial charge is 0.494 e. The van der Waals surface area contributed by atoms with Crippen molar-refractivity contribution in [1.82, 2.24) is 0 Å². The normalized spacial score (nSPS) is 18.5. The Balaban J connectivity index is 0.814. The SMILES string of the molecule is C#Cc1c2c(c(C#C)c3c1[C@H]1c4ccccc4[C@@H]3c3c(OCCCCCCCCCCCC)c4c(c(OCCCCCCCCCCCC)c31)C1c3ccccc3C4c3ccccc31)[C@@H]1c3ccccc3[C@H]2c2cc3c(c(OCCCCCCCCCCCC)c21)C1c2ccccc2C3c2ccc(OCCCCCCCCCCCC)cc21. The highest BCUT2D eigenvalue weighted by molar-refractivity contribution is 5.88. The lowest BCUT2D eigenvalue weighted by Gasteiger charge is -2.52. The van der Waals surface area contributed by atoms with Crippen LogP contribution in [-0.4, -0.2) is 26.4 Å². The fraction of sp³-hybridized carbons (Fsp3) is 0.491. The molecule has 8 bridgehead atoms. The Bertz CT molecular complexity index is 5040. The van der Waals surface area contributed by atoms with Crippen molar-refractivity contribution in [2.24, 2.45) is 0 Å². The van der Waals surface area contributed by atoms with E-state index in [0.29, 0.717) is 19.8 Å². The molecule has 2 unspecified atom stereocenters. The summed E-state index contributed by atoms with van der Waals surface area (Å²) < 4.78 is 30.9. The predicted molar refractivity (Wildman–Crippen MR) is 491 cm³/mol. The highest BCUT2D eigenvalue weighted by Crippen LogP contribution is 2.72. The Hall–Kier alpha value is -8.70. The molecule has 6 atom stereocenters. The van der Waals surface area contributed by atoms with Gasteiger partial charge in [-0.25, -0.2) is 0 Å². The van der Waals surface area contributed by atoms with Gasteiger partial charge in [-0.15, -0.1) is 12.8 Å². The molecule has 0 amide bonds. The van der Waals surface area contributed by atoms with Crippen LogP contribution < -0.4 is 18.9 Å². The highest BCUT2D eigenvalue weighted by atomic mass is 16.5. The van der Waals surface area contributed by atoms with Crippen LogP contribution in [0.5, 0.6) is 23.0 Å². The monoisotopic (exact) mass is 1570 g/mol. The highest BCUT2D eigenvalue weighted by Gasteiger charge is 2.57. The maximum atomic E-state index is 8.01. The van der Waals surface area contributed by atoms with E-state index in [0.717, 1.165) is 85.7 Å². The summed E-state index contributed by atoms with van der Waals surface area (Å²) in [6.45, 7) is 11.9. The molecule has 0 radical (unpaired) electrons. The number of ether oxygens (including phenoxy) is 4. The van der Waals surface area contributed by atoms with Crippen LogP contribution in [0.15, 0.2) is 146 Å². The second-order valence-corrected chi connectivity index (χ2v) is 36.7. The van der Waals surface area contributed by atoms with Crippen molar-refractivity contribution in [1.29, 1.82) is 0 Å². The fourth-order valence-corrected chi connectivity index (χ4v) is 23.7. The molecule has 0 N–H and O–H groups in total. The van der Waals surface area contributed by atoms with Crippen LogP contribution in [0.4, 0.5) is 0 Å². The molecule has 12 aliphatic carbocycles. The molecule has 9 aromatic rings. The average molecular weight is 1570 g/mol. The molecule has 0 aromatic heterocycles. The number of benzene rings is 9. The fourth-order valence-electron chi connectivity index (χ4n) is 23.7. The van der Waals surface area contributed by atoms with Crippen molar-refractivity contribution in [2.45, 2.75) is 332 Å². The van der Waals surface area contributed by atoms with Crippen molar-refractivity contribution < 1.29 is 18.9 Å². The van der Waals surface area contributed by atoms with Gasteiger partial charge >= 0.3 is 0 Å². The van der Waals surface area contributed by atoms with E-state index >= 15 is 0 Å². The first-order valence-corrected chi connectivity index (χ1v) is 48.3. The third-order valence-corrected chi connectivity index (χ3v) is 29.2. The number of hydrogen-bond acceptors (Lipinski definition) is 4. The van der Waals surface area contributed by atoms with Gasteiger partial charge in [0.15, 0.2) is 0 Å². The van der Waals surface area contributed by atoms with E-state index in [1.807, 2.05) is 0 Å². The molecule has 0 spiro atoms. The van der Waals surface area contributed by atoms with Gasteiger partial charge in [0.1, 0.15) is 23.0 Å². The van der Waals surface area contributed by atoms with Crippen LogP contribution in [-0.2, 0) is 0 Å². The molecule has 12 aliphatic rings. The minimum absolute atomic E-state index is 0.00314. The zero-order chi connectivity index (χ0) is 80.3. The zero-order valence-corrected chi connectivity index (χ0v) is 72.4. The van der Waals surface area contributed by atoms with E-state index in [4.69, 9.17) is 31.8 Å². The van der Waals surface area contributed by atoms with Crippen LogP contribution in [0, 0.1) is 24.7 Å². The molecule has 614 valence electrons. The van der Waals surface area contributed by atoms with Gasteiger partial charge in [-0.05, 0) is 138 Å². The van der Waals surface area contributed by atoms with Gasteiger partial charge in [-0.1, -0.05) is 404 Å². The lowest BCUT2D eigenvalue weighted by molar-refractivity contribution is 0.281. The van der Waals surface area contributed by atoms with Gasteiger partial charge in [0.2, 0.25) is 0 Å². The molecular weight excluding hydrogens is 1430 g/mol. The van der Waals surface area contributed by atoms with Crippen LogP contribution in [0.2, 0.25) is 0 Å². The third-order valence-electron chi connectivity index (χ3n) is 29.2. The Labute approximate surface area is 710 Å². The van der Waals surface area contributed by atoms with Crippen molar-refractivity contribution in [2.75, 3.05) is 26.4 Å². The summed E-state index contributed by atoms with van der Waals surface area (Å²) in [6.07, 6.45) is 66.2. The summed E-state index contributed by atoms with van der Waals surface area (Å²) in [6, 6.07) is 56.8. The van der Waals surface area contributed by atoms with Gasteiger partial charge in [0.05, 0.1) is 26.4 Å². The average Bonchev–Trinajstić information content (AvgIpc) is 0.650. The van der Waals surface area contributed by atoms with E-state index in [-0.39, 0.29) is 47.3 Å². The minimum Gasteiger partial charge on any atom is -0.494 e. The van der Waals surface area contributed by atoms with Crippen molar-refractivity contribution >= 4 is 0 Å². The summed E-state index contributed by atoms with van der Waals surface area (Å²) in [5.74, 6) is 10.4. The number of rotatable bonds is 48. The van der Waals surface area contributed by atoms with Crippen molar-refractivity contribution in [3.8, 4) is 47.7 Å². The van der Waals surface area contributed by atoms with Crippen molar-refractivity contribution in [3.63, 3.8) is 0 Å². The van der Waals surface area contributed by atoms with Gasteiger partial charge < -0.3 is 18.9 Å². The molecule has 0 saturated carbocycles. The lowest BCUT2D eigenvalue weighted by Crippen LogP contribution is -2.38. The molecule has 118 heavy (non-hydrogen) atoms. The van der Waals surface area contributed by atoms with Crippen LogP contribution >= 0.6 is 0 Å². The molecule has 0 aliphatic heterocycles. The first-order valence-electron chi connectivity index (χ1n) is 48.3. The van der Waals surface area contributed by atoms with Crippen molar-refractivity contribution in [3.05, 3.63) is 290 Å². The molecule has 4 heteroatoms. The standard InChI is InChI=1S/C114H134O4/c1-7-13-17-21-25-29-33-37-41-55-71-115-77-69-70-90-91(75-77)97-81-60-46-45-59-80(81)94(90)92-76-93-98-86-65-51-52-66-87(86)103(107(93)112(106(92)97)116-72-56-42-38-34-30-26-22-18-14-8-2)100-79(12-6)102-101(78(11-5)99(98)100)104-88-67-53-54-68-89(88)105(102)111-110(104)113(117-73-57-43-39-35-31-27-23-19-15-9-3)108-95-82-61-47-49-63-84(82)96(85-64-50-48-62-83(85)95)109(108)114(111)118-74-58-44-40-36-32-28-24-20-16-10-4/h5-6,45-54,59-70,75-76,94-98,103-105H,7-10,13-44,55-58,71-74H2,1-4H3/t94?,95?,96?,97?,98-,103-,104+,105-/m0/s1. The van der Waals surface area contributed by atoms with E-state index in [2.05, 4.69) is 185 Å². The number of unbranched alkanes of at least 4 members (excludes halogenated alkanes) is 36. The summed E-state index contributed by atoms with van der Waals surface area (Å²) in [4.78, 5) is 0. The van der Waals surface area contributed by atoms with E-state index in [9.17, 15) is 0 Å². The second kappa shape index (κ2) is 38.8. The Morgan fingerprint density at radius 3 is 0.746 bits per heavy atom. The van der Waals surface area contributed by atoms with Gasteiger partial charge in [0, 0.05) is 91.9 Å². The topological polar surface area (TPSA) is 36.9 Å². The number of hydrogen-bond donors (Lipinski definition) is 0. The van der Waals surface area contributed by atoms with Gasteiger partial charge in [0.25, 0.3) is 0 Å². The molecule has 0 fully saturated rings. The van der Waals surface area contributed by atoms with E-state index in [1.54, 1.807) is 0 Å². The summed E-state index contributed by atoms with van der Waals surface area (Å²) >= 11 is 0. The Morgan fingerprint density at radius 2 is 0.424 bits per heavy atom. The number of terminal acetylenes is 2. The molecule has 4 nitrogen and oxygen atoms in total. The lowest BCUT2D eigenvalue weighted by atomic mass is 9.51. The maximum absolute atomic E-state index is 8.01. The Kier molecular flexibility index (Phi) is 26.8. The Morgan fingerprint density at radius 1 is 0.203 bits per heavy atom. The first kappa shape index (κ1) is 81.7. The summed E-state index contributed by atoms with van der Waals surface area (Å²) in [5, 5.41) is 0. The van der Waals surface area contributed by atoms with Crippen LogP contribution in [0.25, 0.3) is 0 Å². The minimum atomic E-state index is -0.302. The first-order chi connectivity index (χ1) is 58.6. The molecule has 0 heterocycles. The molecule has 21 rings (SSSR count). The van der Waals surface area contributed by atoms with Gasteiger partial charge in [-0.3, -0.25) is 0 Å². The molecule has 0 saturated heterocycles. The zero-order valence-electron chi connectivity index (χ0n) is 72.4. The van der Waals surface area contributed by atoms with Crippen LogP contribution in [0.1, 0.15) is 477 Å². The summed E-state index contributed by atoms with van der Waals surface area (Å²) in [7, 11) is 0. The quantitative estimate of drug-likeness (QED) is 0.0281. The van der Waals surface area contributed by atoms with E-state index < -0.39 is 0 Å². The van der Waals surface area contributed by atoms with E-state index in [1.165, 1.54) is 345 Å². The predicted octanol–water partition coefficient (Wildman–Crippen LogP) is 30.8.